The SMILES string of the molecule is CC(C)c1cccc(N2CC3CC2CO3)n1. The van der Waals surface area contributed by atoms with Crippen molar-refractivity contribution in [3.8, 4) is 0 Å². The Kier molecular flexibility index (Phi) is 2.36. The molecular formula is C13H18N2O. The topological polar surface area (TPSA) is 25.4 Å². The van der Waals surface area contributed by atoms with Crippen LogP contribution in [-0.2, 0) is 4.74 Å². The summed E-state index contributed by atoms with van der Waals surface area (Å²) in [6.45, 7) is 6.26. The highest BCUT2D eigenvalue weighted by Crippen LogP contribution is 2.31. The van der Waals surface area contributed by atoms with E-state index >= 15 is 0 Å². The van der Waals surface area contributed by atoms with Crippen LogP contribution in [0.2, 0.25) is 0 Å². The van der Waals surface area contributed by atoms with Crippen molar-refractivity contribution in [1.29, 1.82) is 0 Å². The Morgan fingerprint density at radius 2 is 2.31 bits per heavy atom. The summed E-state index contributed by atoms with van der Waals surface area (Å²) in [5.74, 6) is 1.62. The molecule has 1 aromatic heterocycles. The molecule has 86 valence electrons. The summed E-state index contributed by atoms with van der Waals surface area (Å²) in [6.07, 6.45) is 1.61. The summed E-state index contributed by atoms with van der Waals surface area (Å²) < 4.78 is 5.61. The molecule has 0 N–H and O–H groups in total. The number of hydrogen-bond acceptors (Lipinski definition) is 3. The number of anilines is 1. The first kappa shape index (κ1) is 10.1. The summed E-state index contributed by atoms with van der Waals surface area (Å²) in [7, 11) is 0. The van der Waals surface area contributed by atoms with E-state index in [2.05, 4.69) is 36.9 Å². The van der Waals surface area contributed by atoms with Gasteiger partial charge in [-0.1, -0.05) is 19.9 Å². The fourth-order valence-electron chi connectivity index (χ4n) is 2.60. The van der Waals surface area contributed by atoms with E-state index in [0.29, 0.717) is 18.1 Å². The summed E-state index contributed by atoms with van der Waals surface area (Å²) in [4.78, 5) is 7.15. The Balaban J connectivity index is 1.86. The molecule has 0 radical (unpaired) electrons. The van der Waals surface area contributed by atoms with Gasteiger partial charge in [0.2, 0.25) is 0 Å². The number of fused-ring (bicyclic) bond motifs is 2. The summed E-state index contributed by atoms with van der Waals surface area (Å²) in [5, 5.41) is 0. The number of pyridine rings is 1. The Morgan fingerprint density at radius 3 is 2.94 bits per heavy atom. The normalized spacial score (nSPS) is 28.1. The van der Waals surface area contributed by atoms with E-state index < -0.39 is 0 Å². The Bertz CT molecular complexity index is 391. The number of hydrogen-bond donors (Lipinski definition) is 0. The first-order valence-corrected chi connectivity index (χ1v) is 6.09. The van der Waals surface area contributed by atoms with Crippen molar-refractivity contribution in [1.82, 2.24) is 4.98 Å². The van der Waals surface area contributed by atoms with Crippen molar-refractivity contribution in [2.45, 2.75) is 38.3 Å². The van der Waals surface area contributed by atoms with E-state index in [0.717, 1.165) is 19.0 Å². The highest BCUT2D eigenvalue weighted by Gasteiger charge is 2.39. The number of morpholine rings is 1. The predicted octanol–water partition coefficient (Wildman–Crippen LogP) is 2.18. The largest absolute Gasteiger partial charge is 0.374 e. The summed E-state index contributed by atoms with van der Waals surface area (Å²) in [6, 6.07) is 6.90. The molecule has 2 fully saturated rings. The molecule has 2 bridgehead atoms. The van der Waals surface area contributed by atoms with Crippen LogP contribution in [0.5, 0.6) is 0 Å². The molecule has 16 heavy (non-hydrogen) atoms. The Labute approximate surface area is 96.4 Å². The van der Waals surface area contributed by atoms with Crippen LogP contribution in [0.25, 0.3) is 0 Å². The molecule has 3 nitrogen and oxygen atoms in total. The molecule has 2 aliphatic heterocycles. The quantitative estimate of drug-likeness (QED) is 0.760. The van der Waals surface area contributed by atoms with E-state index in [-0.39, 0.29) is 0 Å². The summed E-state index contributed by atoms with van der Waals surface area (Å²) in [5.41, 5.74) is 1.18. The van der Waals surface area contributed by atoms with Crippen LogP contribution >= 0.6 is 0 Å². The highest BCUT2D eigenvalue weighted by atomic mass is 16.5. The lowest BCUT2D eigenvalue weighted by Gasteiger charge is -2.28. The molecule has 0 amide bonds. The average Bonchev–Trinajstić information content (AvgIpc) is 2.91. The van der Waals surface area contributed by atoms with Gasteiger partial charge in [0.05, 0.1) is 18.8 Å². The molecule has 2 unspecified atom stereocenters. The fourth-order valence-corrected chi connectivity index (χ4v) is 2.60. The maximum Gasteiger partial charge on any atom is 0.129 e. The van der Waals surface area contributed by atoms with Gasteiger partial charge in [0.1, 0.15) is 5.82 Å². The zero-order valence-corrected chi connectivity index (χ0v) is 9.89. The maximum absolute atomic E-state index is 5.61. The molecule has 3 rings (SSSR count). The number of rotatable bonds is 2. The number of nitrogens with zero attached hydrogens (tertiary/aromatic N) is 2. The minimum Gasteiger partial charge on any atom is -0.374 e. The van der Waals surface area contributed by atoms with Crippen molar-refractivity contribution in [3.05, 3.63) is 23.9 Å². The minimum absolute atomic E-state index is 0.439. The zero-order valence-electron chi connectivity index (χ0n) is 9.89. The second-order valence-corrected chi connectivity index (χ2v) is 5.07. The van der Waals surface area contributed by atoms with Gasteiger partial charge in [0.15, 0.2) is 0 Å². The lowest BCUT2D eigenvalue weighted by Crippen LogP contribution is -2.37. The third kappa shape index (κ3) is 1.59. The molecule has 3 heteroatoms. The van der Waals surface area contributed by atoms with Crippen molar-refractivity contribution >= 4 is 5.82 Å². The molecule has 3 heterocycles. The number of aromatic nitrogens is 1. The standard InChI is InChI=1S/C13H18N2O/c1-9(2)12-4-3-5-13(14-12)15-7-11-6-10(15)8-16-11/h3-5,9-11H,6-8H2,1-2H3. The molecule has 0 spiro atoms. The molecule has 2 aliphatic rings. The van der Waals surface area contributed by atoms with Crippen LogP contribution in [0, 0.1) is 0 Å². The summed E-state index contributed by atoms with van der Waals surface area (Å²) >= 11 is 0. The molecule has 1 aromatic rings. The molecule has 2 atom stereocenters. The lowest BCUT2D eigenvalue weighted by atomic mass is 10.1. The second-order valence-electron chi connectivity index (χ2n) is 5.07. The lowest BCUT2D eigenvalue weighted by molar-refractivity contribution is 0.0989. The number of ether oxygens (including phenoxy) is 1. The van der Waals surface area contributed by atoms with Gasteiger partial charge in [-0.2, -0.15) is 0 Å². The van der Waals surface area contributed by atoms with Crippen molar-refractivity contribution < 1.29 is 4.74 Å². The van der Waals surface area contributed by atoms with Crippen molar-refractivity contribution in [2.75, 3.05) is 18.1 Å². The third-order valence-corrected chi connectivity index (χ3v) is 3.54. The first-order chi connectivity index (χ1) is 7.74. The van der Waals surface area contributed by atoms with Crippen LogP contribution in [0.1, 0.15) is 31.9 Å². The van der Waals surface area contributed by atoms with Crippen LogP contribution in [0.15, 0.2) is 18.2 Å². The van der Waals surface area contributed by atoms with E-state index in [1.54, 1.807) is 0 Å². The fraction of sp³-hybridized carbons (Fsp3) is 0.615. The minimum atomic E-state index is 0.439. The Hall–Kier alpha value is -1.09. The smallest absolute Gasteiger partial charge is 0.129 e. The van der Waals surface area contributed by atoms with Gasteiger partial charge in [0, 0.05) is 12.2 Å². The maximum atomic E-state index is 5.61. The molecule has 0 saturated carbocycles. The van der Waals surface area contributed by atoms with Gasteiger partial charge in [-0.25, -0.2) is 4.98 Å². The van der Waals surface area contributed by atoms with E-state index in [1.165, 1.54) is 12.1 Å². The highest BCUT2D eigenvalue weighted by molar-refractivity contribution is 5.43. The third-order valence-electron chi connectivity index (χ3n) is 3.54. The van der Waals surface area contributed by atoms with Crippen LogP contribution < -0.4 is 4.90 Å². The van der Waals surface area contributed by atoms with E-state index in [4.69, 9.17) is 9.72 Å². The average molecular weight is 218 g/mol. The second kappa shape index (κ2) is 3.74. The zero-order chi connectivity index (χ0) is 11.1. The van der Waals surface area contributed by atoms with Crippen LogP contribution in [-0.4, -0.2) is 30.3 Å². The van der Waals surface area contributed by atoms with Crippen LogP contribution in [0.3, 0.4) is 0 Å². The van der Waals surface area contributed by atoms with Gasteiger partial charge in [-0.05, 0) is 24.5 Å². The van der Waals surface area contributed by atoms with Gasteiger partial charge in [-0.15, -0.1) is 0 Å². The van der Waals surface area contributed by atoms with Crippen LogP contribution in [0.4, 0.5) is 5.82 Å². The van der Waals surface area contributed by atoms with E-state index in [9.17, 15) is 0 Å². The molecule has 0 aliphatic carbocycles. The van der Waals surface area contributed by atoms with Gasteiger partial charge >= 0.3 is 0 Å². The Morgan fingerprint density at radius 1 is 1.44 bits per heavy atom. The molecular weight excluding hydrogens is 200 g/mol. The van der Waals surface area contributed by atoms with Gasteiger partial charge < -0.3 is 9.64 Å². The van der Waals surface area contributed by atoms with E-state index in [1.807, 2.05) is 0 Å². The molecule has 0 aromatic carbocycles. The molecule has 2 saturated heterocycles. The van der Waals surface area contributed by atoms with Gasteiger partial charge in [0.25, 0.3) is 0 Å². The predicted molar refractivity (Wildman–Crippen MR) is 63.8 cm³/mol. The monoisotopic (exact) mass is 218 g/mol. The first-order valence-electron chi connectivity index (χ1n) is 6.09. The van der Waals surface area contributed by atoms with Gasteiger partial charge in [-0.3, -0.25) is 0 Å². The van der Waals surface area contributed by atoms with Crippen molar-refractivity contribution in [3.63, 3.8) is 0 Å². The van der Waals surface area contributed by atoms with Crippen molar-refractivity contribution in [2.24, 2.45) is 0 Å².